The summed E-state index contributed by atoms with van der Waals surface area (Å²) in [5, 5.41) is 13.3. The number of rotatable bonds is 8. The molecule has 0 fully saturated rings. The molecule has 6 heteroatoms. The zero-order chi connectivity index (χ0) is 20.0. The van der Waals surface area contributed by atoms with Gasteiger partial charge in [-0.1, -0.05) is 24.9 Å². The number of hydrogen-bond donors (Lipinski definition) is 2. The van der Waals surface area contributed by atoms with E-state index in [1.165, 1.54) is 12.3 Å². The first-order chi connectivity index (χ1) is 12.7. The molecule has 0 aliphatic rings. The molecule has 1 aromatic carbocycles. The van der Waals surface area contributed by atoms with Gasteiger partial charge in [-0.05, 0) is 56.2 Å². The van der Waals surface area contributed by atoms with Gasteiger partial charge in [-0.25, -0.2) is 0 Å². The average Bonchev–Trinajstić information content (AvgIpc) is 2.57. The number of phenolic OH excluding ortho intramolecular Hbond substituents is 1. The molecule has 2 aromatic rings. The summed E-state index contributed by atoms with van der Waals surface area (Å²) in [5.41, 5.74) is 1.16. The maximum absolute atomic E-state index is 12.4. The summed E-state index contributed by atoms with van der Waals surface area (Å²) in [6, 6.07) is 7.96. The van der Waals surface area contributed by atoms with Gasteiger partial charge in [-0.3, -0.25) is 14.6 Å². The second kappa shape index (κ2) is 9.00. The van der Waals surface area contributed by atoms with Crippen molar-refractivity contribution in [1.82, 2.24) is 10.3 Å². The topological polar surface area (TPSA) is 79.3 Å². The number of halogens is 1. The van der Waals surface area contributed by atoms with Gasteiger partial charge in [-0.2, -0.15) is 0 Å². The van der Waals surface area contributed by atoms with Crippen LogP contribution in [0.25, 0.3) is 0 Å². The summed E-state index contributed by atoms with van der Waals surface area (Å²) in [6.45, 7) is 6.01. The largest absolute Gasteiger partial charge is 0.508 e. The fourth-order valence-corrected chi connectivity index (χ4v) is 3.16. The van der Waals surface area contributed by atoms with E-state index in [-0.39, 0.29) is 41.5 Å². The van der Waals surface area contributed by atoms with Crippen LogP contribution in [0, 0.1) is 0 Å². The number of phenols is 1. The van der Waals surface area contributed by atoms with E-state index in [1.807, 2.05) is 13.8 Å². The lowest BCUT2D eigenvalue weighted by Gasteiger charge is -2.25. The van der Waals surface area contributed by atoms with Crippen LogP contribution in [-0.4, -0.2) is 27.3 Å². The van der Waals surface area contributed by atoms with Gasteiger partial charge >= 0.3 is 0 Å². The van der Waals surface area contributed by atoms with Gasteiger partial charge in [0.25, 0.3) is 5.91 Å². The normalized spacial score (nSPS) is 11.3. The number of Topliss-reactive ketones (excluding diaryl/α,β-unsaturated/α-hetero) is 1. The quantitative estimate of drug-likeness (QED) is 0.713. The summed E-state index contributed by atoms with van der Waals surface area (Å²) < 4.78 is 0. The number of hydrogen-bond acceptors (Lipinski definition) is 4. The number of pyridine rings is 1. The van der Waals surface area contributed by atoms with Gasteiger partial charge in [-0.15, -0.1) is 0 Å². The number of nitrogens with one attached hydrogen (secondary N) is 1. The lowest BCUT2D eigenvalue weighted by atomic mass is 9.98. The highest BCUT2D eigenvalue weighted by molar-refractivity contribution is 6.30. The summed E-state index contributed by atoms with van der Waals surface area (Å²) in [4.78, 5) is 28.9. The van der Waals surface area contributed by atoms with Crippen molar-refractivity contribution in [3.63, 3.8) is 0 Å². The van der Waals surface area contributed by atoms with Crippen LogP contribution in [0.2, 0.25) is 5.02 Å². The molecule has 1 aromatic heterocycles. The molecule has 0 aliphatic carbocycles. The molecule has 2 rings (SSSR count). The van der Waals surface area contributed by atoms with E-state index in [0.717, 1.165) is 12.8 Å². The molecule has 1 heterocycles. The van der Waals surface area contributed by atoms with Crippen molar-refractivity contribution in [3.05, 3.63) is 58.4 Å². The number of benzene rings is 1. The minimum absolute atomic E-state index is 0.0423. The van der Waals surface area contributed by atoms with Crippen LogP contribution in [0.15, 0.2) is 36.5 Å². The van der Waals surface area contributed by atoms with E-state index in [0.29, 0.717) is 16.1 Å². The number of ketones is 1. The van der Waals surface area contributed by atoms with E-state index in [9.17, 15) is 14.7 Å². The smallest absolute Gasteiger partial charge is 0.270 e. The van der Waals surface area contributed by atoms with Gasteiger partial charge in [0.1, 0.15) is 17.2 Å². The first-order valence-corrected chi connectivity index (χ1v) is 9.34. The Morgan fingerprint density at radius 2 is 1.93 bits per heavy atom. The van der Waals surface area contributed by atoms with Gasteiger partial charge in [0.2, 0.25) is 0 Å². The van der Waals surface area contributed by atoms with Gasteiger partial charge in [0, 0.05) is 35.2 Å². The van der Waals surface area contributed by atoms with E-state index in [2.05, 4.69) is 17.2 Å². The highest BCUT2D eigenvalue weighted by Gasteiger charge is 2.21. The van der Waals surface area contributed by atoms with Crippen molar-refractivity contribution in [2.24, 2.45) is 0 Å². The third kappa shape index (κ3) is 6.36. The zero-order valence-corrected chi connectivity index (χ0v) is 16.6. The Morgan fingerprint density at radius 1 is 1.19 bits per heavy atom. The molecule has 0 spiro atoms. The summed E-state index contributed by atoms with van der Waals surface area (Å²) >= 11 is 5.92. The number of carbonyl (C=O) groups excluding carboxylic acids is 2. The number of aromatic hydroxyl groups is 1. The molecule has 2 N–H and O–H groups in total. The standard InChI is InChI=1S/C21H25ClN2O3/c1-4-8-21(2,3)24-20(27)18-11-14(7-9-23-18)10-17(25)13-15-12-16(22)5-6-19(15)26/h5-7,9,11-12,26H,4,8,10,13H2,1-3H3,(H,24,27). The number of aromatic nitrogens is 1. The van der Waals surface area contributed by atoms with Crippen molar-refractivity contribution in [3.8, 4) is 5.75 Å². The van der Waals surface area contributed by atoms with Crippen LogP contribution in [-0.2, 0) is 17.6 Å². The molecule has 0 saturated heterocycles. The second-order valence-corrected chi connectivity index (χ2v) is 7.74. The van der Waals surface area contributed by atoms with Crippen LogP contribution < -0.4 is 5.32 Å². The number of carbonyl (C=O) groups is 2. The molecule has 0 radical (unpaired) electrons. The molecule has 0 aliphatic heterocycles. The molecule has 0 atom stereocenters. The third-order valence-electron chi connectivity index (χ3n) is 4.21. The van der Waals surface area contributed by atoms with Crippen molar-refractivity contribution < 1.29 is 14.7 Å². The predicted molar refractivity (Wildman–Crippen MR) is 106 cm³/mol. The molecule has 0 saturated carbocycles. The second-order valence-electron chi connectivity index (χ2n) is 7.30. The lowest BCUT2D eigenvalue weighted by Crippen LogP contribution is -2.43. The summed E-state index contributed by atoms with van der Waals surface area (Å²) in [5.74, 6) is -0.299. The Balaban J connectivity index is 2.05. The summed E-state index contributed by atoms with van der Waals surface area (Å²) in [6.07, 6.45) is 3.57. The molecule has 0 unspecified atom stereocenters. The lowest BCUT2D eigenvalue weighted by molar-refractivity contribution is -0.117. The molecular formula is C21H25ClN2O3. The fourth-order valence-electron chi connectivity index (χ4n) is 2.97. The number of amides is 1. The van der Waals surface area contributed by atoms with Crippen molar-refractivity contribution in [1.29, 1.82) is 0 Å². The Hall–Kier alpha value is -2.40. The Kier molecular flexibility index (Phi) is 6.97. The van der Waals surface area contributed by atoms with Crippen LogP contribution >= 0.6 is 11.6 Å². The van der Waals surface area contributed by atoms with Crippen molar-refractivity contribution >= 4 is 23.3 Å². The minimum atomic E-state index is -0.316. The highest BCUT2D eigenvalue weighted by Crippen LogP contribution is 2.22. The highest BCUT2D eigenvalue weighted by atomic mass is 35.5. The minimum Gasteiger partial charge on any atom is -0.508 e. The summed E-state index contributed by atoms with van der Waals surface area (Å²) in [7, 11) is 0. The van der Waals surface area contributed by atoms with E-state index in [1.54, 1.807) is 24.3 Å². The monoisotopic (exact) mass is 388 g/mol. The number of nitrogens with zero attached hydrogens (tertiary/aromatic N) is 1. The maximum Gasteiger partial charge on any atom is 0.270 e. The van der Waals surface area contributed by atoms with Gasteiger partial charge < -0.3 is 10.4 Å². The third-order valence-corrected chi connectivity index (χ3v) is 4.45. The van der Waals surface area contributed by atoms with Crippen molar-refractivity contribution in [2.45, 2.75) is 52.0 Å². The molecular weight excluding hydrogens is 364 g/mol. The molecule has 144 valence electrons. The SMILES string of the molecule is CCCC(C)(C)NC(=O)c1cc(CC(=O)Cc2cc(Cl)ccc2O)ccn1. The Morgan fingerprint density at radius 3 is 2.63 bits per heavy atom. The van der Waals surface area contributed by atoms with Gasteiger partial charge in [0.05, 0.1) is 0 Å². The van der Waals surface area contributed by atoms with Crippen LogP contribution in [0.4, 0.5) is 0 Å². The van der Waals surface area contributed by atoms with E-state index >= 15 is 0 Å². The first-order valence-electron chi connectivity index (χ1n) is 8.96. The van der Waals surface area contributed by atoms with Crippen LogP contribution in [0.1, 0.15) is 55.2 Å². The zero-order valence-electron chi connectivity index (χ0n) is 15.9. The molecule has 0 bridgehead atoms. The first kappa shape index (κ1) is 20.9. The fraction of sp³-hybridized carbons (Fsp3) is 0.381. The average molecular weight is 389 g/mol. The maximum atomic E-state index is 12.4. The molecule has 5 nitrogen and oxygen atoms in total. The predicted octanol–water partition coefficient (Wildman–Crippen LogP) is 4.10. The molecule has 1 amide bonds. The molecule has 27 heavy (non-hydrogen) atoms. The van der Waals surface area contributed by atoms with Gasteiger partial charge in [0.15, 0.2) is 0 Å². The Bertz CT molecular complexity index is 834. The Labute approximate surface area is 164 Å². The van der Waals surface area contributed by atoms with Crippen LogP contribution in [0.5, 0.6) is 5.75 Å². The van der Waals surface area contributed by atoms with E-state index in [4.69, 9.17) is 11.6 Å². The van der Waals surface area contributed by atoms with Crippen molar-refractivity contribution in [2.75, 3.05) is 0 Å². The van der Waals surface area contributed by atoms with E-state index < -0.39 is 0 Å². The van der Waals surface area contributed by atoms with Crippen LogP contribution in [0.3, 0.4) is 0 Å².